The van der Waals surface area contributed by atoms with E-state index in [1.165, 1.54) is 12.1 Å². The summed E-state index contributed by atoms with van der Waals surface area (Å²) in [4.78, 5) is 30.7. The van der Waals surface area contributed by atoms with Crippen LogP contribution in [0, 0.1) is 35.8 Å². The Kier molecular flexibility index (Phi) is 6.40. The predicted octanol–water partition coefficient (Wildman–Crippen LogP) is 3.62. The number of carbonyl (C=O) groups is 2. The molecule has 1 aliphatic rings. The fourth-order valence-corrected chi connectivity index (χ4v) is 3.58. The summed E-state index contributed by atoms with van der Waals surface area (Å²) in [5.41, 5.74) is 0.683. The summed E-state index contributed by atoms with van der Waals surface area (Å²) in [6.07, 6.45) is 0.971. The number of carbonyl (C=O) groups excluding carboxylic acids is 2. The lowest BCUT2D eigenvalue weighted by Gasteiger charge is -2.30. The van der Waals surface area contributed by atoms with Crippen molar-refractivity contribution in [3.63, 3.8) is 0 Å². The van der Waals surface area contributed by atoms with Gasteiger partial charge in [-0.2, -0.15) is 5.26 Å². The molecule has 1 amide bonds. The molecule has 0 spiro atoms. The fourth-order valence-electron chi connectivity index (χ4n) is 3.58. The lowest BCUT2D eigenvalue weighted by molar-refractivity contribution is -0.149. The summed E-state index contributed by atoms with van der Waals surface area (Å²) in [5, 5.41) is 9.48. The first-order chi connectivity index (χ1) is 14.3. The molecule has 2 heterocycles. The lowest BCUT2D eigenvalue weighted by Crippen LogP contribution is -2.41. The Morgan fingerprint density at radius 3 is 2.53 bits per heavy atom. The molecule has 1 fully saturated rings. The van der Waals surface area contributed by atoms with Crippen LogP contribution in [0.15, 0.2) is 24.3 Å². The molecule has 0 unspecified atom stereocenters. The van der Waals surface area contributed by atoms with E-state index in [2.05, 4.69) is 4.98 Å². The van der Waals surface area contributed by atoms with Crippen molar-refractivity contribution >= 4 is 11.9 Å². The zero-order valence-electron chi connectivity index (χ0n) is 16.7. The first kappa shape index (κ1) is 21.4. The number of ether oxygens (including phenoxy) is 1. The van der Waals surface area contributed by atoms with Gasteiger partial charge < -0.3 is 9.64 Å². The van der Waals surface area contributed by atoms with Crippen molar-refractivity contribution in [2.45, 2.75) is 26.7 Å². The molecule has 0 bridgehead atoms. The summed E-state index contributed by atoms with van der Waals surface area (Å²) in [6.45, 7) is 4.35. The standard InChI is InChI=1S/C22H21F2N3O3/c1-3-30-22(29)14-6-8-27(9-7-14)21(28)20-11-17(18(12-25)13(2)26-20)16-5-4-15(23)10-19(16)24/h4-5,10-11,14H,3,6-9H2,1-2H3. The molecule has 8 heteroatoms. The number of likely N-dealkylation sites (tertiary alicyclic amines) is 1. The minimum atomic E-state index is -0.828. The molecule has 1 aliphatic heterocycles. The number of nitrogens with zero attached hydrogens (tertiary/aromatic N) is 3. The lowest BCUT2D eigenvalue weighted by atomic mass is 9.95. The fraction of sp³-hybridized carbons (Fsp3) is 0.364. The minimum absolute atomic E-state index is 0.0218. The van der Waals surface area contributed by atoms with Crippen LogP contribution in [0.25, 0.3) is 11.1 Å². The molecule has 0 N–H and O–H groups in total. The second kappa shape index (κ2) is 8.99. The summed E-state index contributed by atoms with van der Waals surface area (Å²) in [6, 6.07) is 6.40. The zero-order chi connectivity index (χ0) is 21.8. The number of rotatable bonds is 4. The molecule has 2 aromatic rings. The van der Waals surface area contributed by atoms with E-state index >= 15 is 0 Å². The van der Waals surface area contributed by atoms with Crippen molar-refractivity contribution in [1.82, 2.24) is 9.88 Å². The molecule has 1 saturated heterocycles. The Hall–Kier alpha value is -3.34. The van der Waals surface area contributed by atoms with Crippen molar-refractivity contribution in [2.75, 3.05) is 19.7 Å². The van der Waals surface area contributed by atoms with Crippen LogP contribution in [0.3, 0.4) is 0 Å². The molecule has 0 atom stereocenters. The maximum absolute atomic E-state index is 14.3. The van der Waals surface area contributed by atoms with E-state index in [1.807, 2.05) is 6.07 Å². The van der Waals surface area contributed by atoms with Gasteiger partial charge in [0.2, 0.25) is 0 Å². The van der Waals surface area contributed by atoms with Crippen LogP contribution in [-0.4, -0.2) is 41.5 Å². The quantitative estimate of drug-likeness (QED) is 0.715. The number of piperidine rings is 1. The maximum atomic E-state index is 14.3. The van der Waals surface area contributed by atoms with Gasteiger partial charge in [-0.15, -0.1) is 0 Å². The number of aromatic nitrogens is 1. The number of nitriles is 1. The van der Waals surface area contributed by atoms with Gasteiger partial charge in [-0.3, -0.25) is 9.59 Å². The van der Waals surface area contributed by atoms with Gasteiger partial charge in [-0.1, -0.05) is 0 Å². The van der Waals surface area contributed by atoms with Crippen molar-refractivity contribution in [3.8, 4) is 17.2 Å². The third-order valence-electron chi connectivity index (χ3n) is 5.15. The van der Waals surface area contributed by atoms with Crippen LogP contribution in [0.4, 0.5) is 8.78 Å². The smallest absolute Gasteiger partial charge is 0.309 e. The van der Waals surface area contributed by atoms with Crippen molar-refractivity contribution < 1.29 is 23.1 Å². The second-order valence-electron chi connectivity index (χ2n) is 7.07. The average molecular weight is 413 g/mol. The Morgan fingerprint density at radius 1 is 1.23 bits per heavy atom. The van der Waals surface area contributed by atoms with E-state index in [9.17, 15) is 23.6 Å². The van der Waals surface area contributed by atoms with Crippen molar-refractivity contribution in [1.29, 1.82) is 5.26 Å². The van der Waals surface area contributed by atoms with Crippen LogP contribution in [0.5, 0.6) is 0 Å². The van der Waals surface area contributed by atoms with E-state index < -0.39 is 11.6 Å². The van der Waals surface area contributed by atoms with Gasteiger partial charge in [-0.05, 0) is 44.9 Å². The highest BCUT2D eigenvalue weighted by atomic mass is 19.1. The molecule has 1 aromatic heterocycles. The number of benzene rings is 1. The van der Waals surface area contributed by atoms with Gasteiger partial charge >= 0.3 is 5.97 Å². The highest BCUT2D eigenvalue weighted by Crippen LogP contribution is 2.29. The molecule has 156 valence electrons. The first-order valence-corrected chi connectivity index (χ1v) is 9.68. The van der Waals surface area contributed by atoms with Crippen molar-refractivity contribution in [3.05, 3.63) is 52.9 Å². The number of hydrogen-bond acceptors (Lipinski definition) is 5. The number of pyridine rings is 1. The SMILES string of the molecule is CCOC(=O)C1CCN(C(=O)c2cc(-c3ccc(F)cc3F)c(C#N)c(C)n2)CC1. The highest BCUT2D eigenvalue weighted by Gasteiger charge is 2.30. The number of halogens is 2. The van der Waals surface area contributed by atoms with E-state index in [0.717, 1.165) is 12.1 Å². The number of esters is 1. The summed E-state index contributed by atoms with van der Waals surface area (Å²) in [5.74, 6) is -2.43. The Balaban J connectivity index is 1.88. The topological polar surface area (TPSA) is 83.3 Å². The number of amides is 1. The summed E-state index contributed by atoms with van der Waals surface area (Å²) >= 11 is 0. The predicted molar refractivity (Wildman–Crippen MR) is 104 cm³/mol. The van der Waals surface area contributed by atoms with Gasteiger partial charge in [0.25, 0.3) is 5.91 Å². The summed E-state index contributed by atoms with van der Waals surface area (Å²) in [7, 11) is 0. The molecule has 30 heavy (non-hydrogen) atoms. The number of aryl methyl sites for hydroxylation is 1. The van der Waals surface area contributed by atoms with Crippen LogP contribution in [0.2, 0.25) is 0 Å². The van der Waals surface area contributed by atoms with E-state index in [4.69, 9.17) is 4.74 Å². The first-order valence-electron chi connectivity index (χ1n) is 9.68. The van der Waals surface area contributed by atoms with E-state index in [-0.39, 0.29) is 45.9 Å². The Morgan fingerprint density at radius 2 is 1.93 bits per heavy atom. The van der Waals surface area contributed by atoms with E-state index in [1.54, 1.807) is 18.7 Å². The number of hydrogen-bond donors (Lipinski definition) is 0. The van der Waals surface area contributed by atoms with Gasteiger partial charge in [0.1, 0.15) is 23.4 Å². The molecule has 1 aromatic carbocycles. The van der Waals surface area contributed by atoms with Crippen LogP contribution in [0.1, 0.15) is 41.5 Å². The third-order valence-corrected chi connectivity index (χ3v) is 5.15. The third kappa shape index (κ3) is 4.30. The average Bonchev–Trinajstić information content (AvgIpc) is 2.73. The highest BCUT2D eigenvalue weighted by molar-refractivity contribution is 5.94. The van der Waals surface area contributed by atoms with Gasteiger partial charge in [0.15, 0.2) is 0 Å². The molecular weight excluding hydrogens is 392 g/mol. The van der Waals surface area contributed by atoms with Gasteiger partial charge in [0.05, 0.1) is 23.8 Å². The van der Waals surface area contributed by atoms with Crippen LogP contribution >= 0.6 is 0 Å². The normalized spacial score (nSPS) is 14.3. The Labute approximate surface area is 173 Å². The Bertz CT molecular complexity index is 1030. The molecular formula is C22H21F2N3O3. The monoisotopic (exact) mass is 413 g/mol. The molecule has 3 rings (SSSR count). The van der Waals surface area contributed by atoms with Crippen molar-refractivity contribution in [2.24, 2.45) is 5.92 Å². The largest absolute Gasteiger partial charge is 0.466 e. The molecule has 6 nitrogen and oxygen atoms in total. The van der Waals surface area contributed by atoms with E-state index in [0.29, 0.717) is 32.5 Å². The molecule has 0 saturated carbocycles. The minimum Gasteiger partial charge on any atom is -0.466 e. The molecule has 0 radical (unpaired) electrons. The second-order valence-corrected chi connectivity index (χ2v) is 7.07. The zero-order valence-corrected chi connectivity index (χ0v) is 16.7. The molecule has 0 aliphatic carbocycles. The van der Waals surface area contributed by atoms with Gasteiger partial charge in [0, 0.05) is 30.3 Å². The maximum Gasteiger partial charge on any atom is 0.309 e. The summed E-state index contributed by atoms with van der Waals surface area (Å²) < 4.78 is 32.7. The van der Waals surface area contributed by atoms with Crippen LogP contribution in [-0.2, 0) is 9.53 Å². The van der Waals surface area contributed by atoms with Crippen LogP contribution < -0.4 is 0 Å². The van der Waals surface area contributed by atoms with Gasteiger partial charge in [-0.25, -0.2) is 13.8 Å².